The molecule has 1 amide bonds. The summed E-state index contributed by atoms with van der Waals surface area (Å²) in [6, 6.07) is 8.92. The summed E-state index contributed by atoms with van der Waals surface area (Å²) in [5.41, 5.74) is -0.0999. The Morgan fingerprint density at radius 2 is 1.85 bits per heavy atom. The van der Waals surface area contributed by atoms with E-state index in [1.165, 1.54) is 0 Å². The molecule has 27 heavy (non-hydrogen) atoms. The van der Waals surface area contributed by atoms with E-state index < -0.39 is 17.4 Å². The number of nitrogens with zero attached hydrogens (tertiary/aromatic N) is 3. The lowest BCUT2D eigenvalue weighted by atomic mass is 9.60. The molecule has 0 unspecified atom stereocenters. The predicted molar refractivity (Wildman–Crippen MR) is 95.2 cm³/mol. The lowest BCUT2D eigenvalue weighted by Gasteiger charge is -2.53. The molecule has 1 atom stereocenters. The summed E-state index contributed by atoms with van der Waals surface area (Å²) in [5, 5.41) is 10.8. The number of rotatable bonds is 4. The number of piperidine rings is 1. The molecule has 6 nitrogen and oxygen atoms in total. The number of hydrogen-bond acceptors (Lipinski definition) is 5. The van der Waals surface area contributed by atoms with E-state index in [1.807, 2.05) is 30.3 Å². The van der Waals surface area contributed by atoms with Crippen molar-refractivity contribution in [2.75, 3.05) is 18.4 Å². The third kappa shape index (κ3) is 3.17. The predicted octanol–water partition coefficient (Wildman–Crippen LogP) is 3.57. The van der Waals surface area contributed by atoms with Gasteiger partial charge in [-0.2, -0.15) is 0 Å². The number of carbonyl (C=O) groups is 1. The summed E-state index contributed by atoms with van der Waals surface area (Å²) in [5.74, 6) is -2.36. The lowest BCUT2D eigenvalue weighted by molar-refractivity contribution is -0.220. The summed E-state index contributed by atoms with van der Waals surface area (Å²) < 4.78 is 33.3. The van der Waals surface area contributed by atoms with Crippen LogP contribution < -0.4 is 5.32 Å². The molecule has 1 N–H and O–H groups in total. The number of anilines is 1. The van der Waals surface area contributed by atoms with Gasteiger partial charge in [0.2, 0.25) is 11.8 Å². The number of aromatic nitrogens is 2. The van der Waals surface area contributed by atoms with Crippen LogP contribution in [0.3, 0.4) is 0 Å². The summed E-state index contributed by atoms with van der Waals surface area (Å²) in [7, 11) is 0. The molecule has 2 heterocycles. The molecule has 1 saturated heterocycles. The summed E-state index contributed by atoms with van der Waals surface area (Å²) in [6.45, 7) is 2.43. The first-order valence-electron chi connectivity index (χ1n) is 9.22. The van der Waals surface area contributed by atoms with Crippen molar-refractivity contribution in [3.05, 3.63) is 30.3 Å². The minimum absolute atomic E-state index is 0.0280. The van der Waals surface area contributed by atoms with Gasteiger partial charge < -0.3 is 14.6 Å². The Kier molecular flexibility index (Phi) is 4.36. The van der Waals surface area contributed by atoms with Crippen LogP contribution in [0.4, 0.5) is 14.8 Å². The van der Waals surface area contributed by atoms with E-state index in [1.54, 1.807) is 11.8 Å². The summed E-state index contributed by atoms with van der Waals surface area (Å²) in [6.07, 6.45) is 1.24. The molecule has 4 rings (SSSR count). The molecule has 0 bridgehead atoms. The van der Waals surface area contributed by atoms with Gasteiger partial charge in [0.15, 0.2) is 0 Å². The zero-order chi connectivity index (χ0) is 19.1. The second-order valence-corrected chi connectivity index (χ2v) is 7.45. The molecule has 1 aliphatic heterocycles. The van der Waals surface area contributed by atoms with Gasteiger partial charge in [-0.3, -0.25) is 4.79 Å². The molecular weight excluding hydrogens is 354 g/mol. The van der Waals surface area contributed by atoms with E-state index in [2.05, 4.69) is 15.5 Å². The van der Waals surface area contributed by atoms with E-state index in [4.69, 9.17) is 4.42 Å². The Hall–Kier alpha value is -2.51. The van der Waals surface area contributed by atoms with Crippen LogP contribution in [0.5, 0.6) is 0 Å². The van der Waals surface area contributed by atoms with E-state index in [0.29, 0.717) is 38.2 Å². The standard InChI is InChI=1S/C19H22F2N4O2/c1-13(22-17-24-23-15(27-17)14-5-3-2-4-6-14)16(26)25-11-9-18(10-12-25)7-8-19(18,20)21/h2-6,13H,7-12H2,1H3,(H,22,24)/t13-/m1/s1. The lowest BCUT2D eigenvalue weighted by Crippen LogP contribution is -2.58. The fourth-order valence-corrected chi connectivity index (χ4v) is 3.94. The maximum Gasteiger partial charge on any atom is 0.316 e. The first-order valence-corrected chi connectivity index (χ1v) is 9.22. The molecule has 1 spiro atoms. The van der Waals surface area contributed by atoms with Gasteiger partial charge in [-0.25, -0.2) is 8.78 Å². The van der Waals surface area contributed by atoms with Crippen LogP contribution >= 0.6 is 0 Å². The van der Waals surface area contributed by atoms with Gasteiger partial charge in [-0.15, -0.1) is 5.10 Å². The summed E-state index contributed by atoms with van der Waals surface area (Å²) in [4.78, 5) is 14.3. The van der Waals surface area contributed by atoms with Gasteiger partial charge in [-0.05, 0) is 38.3 Å². The average Bonchev–Trinajstić information content (AvgIpc) is 3.16. The molecule has 1 aromatic heterocycles. The van der Waals surface area contributed by atoms with Crippen molar-refractivity contribution in [3.63, 3.8) is 0 Å². The van der Waals surface area contributed by atoms with Gasteiger partial charge in [0, 0.05) is 30.5 Å². The monoisotopic (exact) mass is 376 g/mol. The third-order valence-corrected chi connectivity index (χ3v) is 5.88. The first kappa shape index (κ1) is 17.9. The number of amides is 1. The Labute approximate surface area is 155 Å². The second kappa shape index (κ2) is 6.58. The number of alkyl halides is 2. The van der Waals surface area contributed by atoms with E-state index >= 15 is 0 Å². The van der Waals surface area contributed by atoms with Crippen molar-refractivity contribution >= 4 is 11.9 Å². The molecule has 2 aliphatic rings. The zero-order valence-corrected chi connectivity index (χ0v) is 15.1. The van der Waals surface area contributed by atoms with Crippen molar-refractivity contribution < 1.29 is 18.0 Å². The second-order valence-electron chi connectivity index (χ2n) is 7.45. The van der Waals surface area contributed by atoms with Crippen LogP contribution in [0.15, 0.2) is 34.7 Å². The van der Waals surface area contributed by atoms with Crippen LogP contribution in [-0.2, 0) is 4.79 Å². The molecule has 1 aliphatic carbocycles. The van der Waals surface area contributed by atoms with Gasteiger partial charge in [0.05, 0.1) is 0 Å². The molecule has 1 aromatic carbocycles. The van der Waals surface area contributed by atoms with Crippen LogP contribution in [-0.4, -0.2) is 46.1 Å². The van der Waals surface area contributed by atoms with Crippen molar-refractivity contribution in [2.24, 2.45) is 5.41 Å². The maximum atomic E-state index is 13.9. The fourth-order valence-electron chi connectivity index (χ4n) is 3.94. The SMILES string of the molecule is C[C@@H](Nc1nnc(-c2ccccc2)o1)C(=O)N1CCC2(CC1)CCC2(F)F. The highest BCUT2D eigenvalue weighted by Crippen LogP contribution is 2.59. The zero-order valence-electron chi connectivity index (χ0n) is 15.1. The quantitative estimate of drug-likeness (QED) is 0.883. The number of nitrogens with one attached hydrogen (secondary N) is 1. The van der Waals surface area contributed by atoms with Gasteiger partial charge >= 0.3 is 6.01 Å². The third-order valence-electron chi connectivity index (χ3n) is 5.88. The Bertz CT molecular complexity index is 816. The summed E-state index contributed by atoms with van der Waals surface area (Å²) >= 11 is 0. The Morgan fingerprint density at radius 3 is 2.44 bits per heavy atom. The number of hydrogen-bond donors (Lipinski definition) is 1. The first-order chi connectivity index (χ1) is 12.9. The van der Waals surface area contributed by atoms with E-state index in [9.17, 15) is 13.6 Å². The van der Waals surface area contributed by atoms with Crippen molar-refractivity contribution in [2.45, 2.75) is 44.6 Å². The number of carbonyl (C=O) groups excluding carboxylic acids is 1. The van der Waals surface area contributed by atoms with E-state index in [-0.39, 0.29) is 18.3 Å². The smallest absolute Gasteiger partial charge is 0.316 e. The Balaban J connectivity index is 1.34. The number of likely N-dealkylation sites (tertiary alicyclic amines) is 1. The van der Waals surface area contributed by atoms with Gasteiger partial charge in [0.1, 0.15) is 6.04 Å². The molecular formula is C19H22F2N4O2. The molecule has 144 valence electrons. The average molecular weight is 376 g/mol. The van der Waals surface area contributed by atoms with E-state index in [0.717, 1.165) is 5.56 Å². The highest BCUT2D eigenvalue weighted by atomic mass is 19.3. The number of halogens is 2. The van der Waals surface area contributed by atoms with Crippen molar-refractivity contribution in [1.82, 2.24) is 15.1 Å². The maximum absolute atomic E-state index is 13.9. The fraction of sp³-hybridized carbons (Fsp3) is 0.526. The van der Waals surface area contributed by atoms with Crippen LogP contribution in [0.1, 0.15) is 32.6 Å². The highest BCUT2D eigenvalue weighted by molar-refractivity contribution is 5.83. The van der Waals surface area contributed by atoms with Crippen molar-refractivity contribution in [3.8, 4) is 11.5 Å². The normalized spacial score (nSPS) is 21.5. The van der Waals surface area contributed by atoms with Crippen molar-refractivity contribution in [1.29, 1.82) is 0 Å². The largest absolute Gasteiger partial charge is 0.403 e. The minimum atomic E-state index is -2.58. The molecule has 8 heteroatoms. The number of benzene rings is 1. The molecule has 1 saturated carbocycles. The minimum Gasteiger partial charge on any atom is -0.403 e. The van der Waals surface area contributed by atoms with Crippen LogP contribution in [0, 0.1) is 5.41 Å². The Morgan fingerprint density at radius 1 is 1.15 bits per heavy atom. The van der Waals surface area contributed by atoms with Gasteiger partial charge in [-0.1, -0.05) is 23.3 Å². The topological polar surface area (TPSA) is 71.3 Å². The molecule has 2 aromatic rings. The molecule has 2 fully saturated rings. The van der Waals surface area contributed by atoms with Crippen LogP contribution in [0.2, 0.25) is 0 Å². The highest BCUT2D eigenvalue weighted by Gasteiger charge is 2.61. The van der Waals surface area contributed by atoms with Crippen LogP contribution in [0.25, 0.3) is 11.5 Å². The van der Waals surface area contributed by atoms with Gasteiger partial charge in [0.25, 0.3) is 5.92 Å². The molecule has 0 radical (unpaired) electrons.